The van der Waals surface area contributed by atoms with Crippen LogP contribution in [-0.4, -0.2) is 84.6 Å². The molecule has 8 heteroatoms. The normalized spacial score (nSPS) is 18.4. The fraction of sp³-hybridized carbons (Fsp3) is 0.692. The van der Waals surface area contributed by atoms with Crippen LogP contribution in [0.4, 0.5) is 4.79 Å². The number of carbonyl (C=O) groups is 2. The van der Waals surface area contributed by atoms with Crippen LogP contribution in [0.1, 0.15) is 64.7 Å². The van der Waals surface area contributed by atoms with Gasteiger partial charge in [0.1, 0.15) is 23.6 Å². The summed E-state index contributed by atoms with van der Waals surface area (Å²) in [6.45, 7) is 15.5. The number of hydrogen-bond donors (Lipinski definition) is 0. The molecule has 0 spiro atoms. The molecule has 2 aliphatic rings. The third-order valence-corrected chi connectivity index (χ3v) is 5.70. The Kier molecular flexibility index (Phi) is 8.47. The quantitative estimate of drug-likeness (QED) is 0.433. The smallest absolute Gasteiger partial charge is 0.410 e. The van der Waals surface area contributed by atoms with E-state index in [2.05, 4.69) is 4.90 Å². The number of rotatable bonds is 7. The van der Waals surface area contributed by atoms with Gasteiger partial charge in [0, 0.05) is 32.2 Å². The van der Waals surface area contributed by atoms with Crippen molar-refractivity contribution in [2.24, 2.45) is 0 Å². The average Bonchev–Trinajstić information content (AvgIpc) is 2.70. The molecule has 3 rings (SSSR count). The molecule has 0 aliphatic carbocycles. The van der Waals surface area contributed by atoms with Gasteiger partial charge in [0.15, 0.2) is 0 Å². The molecular formula is C26H40N2O6. The van der Waals surface area contributed by atoms with Crippen molar-refractivity contribution in [2.45, 2.75) is 77.7 Å². The molecule has 1 aromatic carbocycles. The van der Waals surface area contributed by atoms with Gasteiger partial charge in [0.2, 0.25) is 0 Å². The number of esters is 1. The number of nitrogens with zero attached hydrogens (tertiary/aromatic N) is 2. The first kappa shape index (κ1) is 26.3. The number of likely N-dealkylation sites (tertiary alicyclic amines) is 2. The highest BCUT2D eigenvalue weighted by Crippen LogP contribution is 2.24. The minimum absolute atomic E-state index is 0.213. The summed E-state index contributed by atoms with van der Waals surface area (Å²) in [5.74, 6) is 0.357. The summed E-state index contributed by atoms with van der Waals surface area (Å²) in [5, 5.41) is 0. The molecule has 2 aliphatic heterocycles. The molecule has 34 heavy (non-hydrogen) atoms. The first-order valence-corrected chi connectivity index (χ1v) is 12.2. The van der Waals surface area contributed by atoms with E-state index in [9.17, 15) is 9.59 Å². The lowest BCUT2D eigenvalue weighted by Gasteiger charge is -2.46. The molecule has 2 fully saturated rings. The summed E-state index contributed by atoms with van der Waals surface area (Å²) >= 11 is 0. The summed E-state index contributed by atoms with van der Waals surface area (Å²) in [4.78, 5) is 28.5. The molecule has 0 N–H and O–H groups in total. The van der Waals surface area contributed by atoms with E-state index in [-0.39, 0.29) is 18.2 Å². The van der Waals surface area contributed by atoms with Crippen LogP contribution in [0.3, 0.4) is 0 Å². The van der Waals surface area contributed by atoms with Gasteiger partial charge >= 0.3 is 12.1 Å². The fourth-order valence-electron chi connectivity index (χ4n) is 4.01. The predicted octanol–water partition coefficient (Wildman–Crippen LogP) is 4.12. The van der Waals surface area contributed by atoms with E-state index in [0.717, 1.165) is 39.0 Å². The van der Waals surface area contributed by atoms with Crippen molar-refractivity contribution in [3.8, 4) is 5.75 Å². The fourth-order valence-corrected chi connectivity index (χ4v) is 4.01. The lowest BCUT2D eigenvalue weighted by atomic mass is 9.99. The Morgan fingerprint density at radius 2 is 1.47 bits per heavy atom. The standard InChI is InChI=1S/C26H40N2O6/c1-25(2,3)33-23(29)19-7-9-21(10-8-19)31-15-16-32-22-17-28(18-22)20-11-13-27(14-12-20)24(30)34-26(4,5)6/h7-10,20,22H,11-18H2,1-6H3. The molecule has 0 unspecified atom stereocenters. The molecule has 8 nitrogen and oxygen atoms in total. The zero-order valence-corrected chi connectivity index (χ0v) is 21.5. The molecule has 0 radical (unpaired) electrons. The molecular weight excluding hydrogens is 436 g/mol. The number of hydrogen-bond acceptors (Lipinski definition) is 7. The van der Waals surface area contributed by atoms with Gasteiger partial charge in [-0.3, -0.25) is 4.90 Å². The zero-order valence-electron chi connectivity index (χ0n) is 21.5. The highest BCUT2D eigenvalue weighted by Gasteiger charge is 2.36. The minimum Gasteiger partial charge on any atom is -0.491 e. The summed E-state index contributed by atoms with van der Waals surface area (Å²) in [5.41, 5.74) is -0.466. The van der Waals surface area contributed by atoms with Gasteiger partial charge in [-0.05, 0) is 78.6 Å². The van der Waals surface area contributed by atoms with Crippen molar-refractivity contribution in [3.63, 3.8) is 0 Å². The van der Waals surface area contributed by atoms with Crippen LogP contribution in [0, 0.1) is 0 Å². The Hall–Kier alpha value is -2.32. The van der Waals surface area contributed by atoms with Crippen molar-refractivity contribution >= 4 is 12.1 Å². The molecule has 0 bridgehead atoms. The van der Waals surface area contributed by atoms with Gasteiger partial charge in [-0.1, -0.05) is 0 Å². The molecule has 1 amide bonds. The predicted molar refractivity (Wildman–Crippen MR) is 129 cm³/mol. The lowest BCUT2D eigenvalue weighted by molar-refractivity contribution is -0.0855. The second-order valence-electron chi connectivity index (χ2n) is 11.0. The topological polar surface area (TPSA) is 77.5 Å². The first-order chi connectivity index (χ1) is 15.9. The summed E-state index contributed by atoms with van der Waals surface area (Å²) in [6.07, 6.45) is 1.94. The summed E-state index contributed by atoms with van der Waals surface area (Å²) in [6, 6.07) is 7.46. The Balaban J connectivity index is 1.27. The van der Waals surface area contributed by atoms with Crippen LogP contribution in [0.5, 0.6) is 5.75 Å². The van der Waals surface area contributed by atoms with E-state index in [1.54, 1.807) is 24.3 Å². The third-order valence-electron chi connectivity index (χ3n) is 5.70. The maximum atomic E-state index is 12.2. The maximum Gasteiger partial charge on any atom is 0.410 e. The number of piperidine rings is 1. The number of benzene rings is 1. The number of ether oxygens (including phenoxy) is 4. The first-order valence-electron chi connectivity index (χ1n) is 12.2. The second kappa shape index (κ2) is 11.0. The third kappa shape index (κ3) is 8.17. The Labute approximate surface area is 203 Å². The number of amides is 1. The molecule has 190 valence electrons. The summed E-state index contributed by atoms with van der Waals surface area (Å²) in [7, 11) is 0. The van der Waals surface area contributed by atoms with Crippen molar-refractivity contribution in [2.75, 3.05) is 39.4 Å². The van der Waals surface area contributed by atoms with Crippen molar-refractivity contribution in [3.05, 3.63) is 29.8 Å². The monoisotopic (exact) mass is 476 g/mol. The Morgan fingerprint density at radius 1 is 0.882 bits per heavy atom. The second-order valence-corrected chi connectivity index (χ2v) is 11.0. The minimum atomic E-state index is -0.516. The van der Waals surface area contributed by atoms with E-state index in [1.807, 2.05) is 46.4 Å². The molecule has 1 aromatic rings. The molecule has 2 heterocycles. The zero-order chi connectivity index (χ0) is 24.9. The molecule has 0 saturated carbocycles. The largest absolute Gasteiger partial charge is 0.491 e. The van der Waals surface area contributed by atoms with Crippen molar-refractivity contribution in [1.29, 1.82) is 0 Å². The van der Waals surface area contributed by atoms with Crippen molar-refractivity contribution < 1.29 is 28.5 Å². The van der Waals surface area contributed by atoms with Crippen molar-refractivity contribution in [1.82, 2.24) is 9.80 Å². The van der Waals surface area contributed by atoms with Crippen LogP contribution in [0.25, 0.3) is 0 Å². The van der Waals surface area contributed by atoms with Gasteiger partial charge < -0.3 is 23.8 Å². The number of carbonyl (C=O) groups excluding carboxylic acids is 2. The summed E-state index contributed by atoms with van der Waals surface area (Å²) < 4.78 is 22.5. The van der Waals surface area contributed by atoms with Crippen LogP contribution in [0.15, 0.2) is 24.3 Å². The van der Waals surface area contributed by atoms with Crippen LogP contribution >= 0.6 is 0 Å². The molecule has 0 aromatic heterocycles. The van der Waals surface area contributed by atoms with E-state index in [0.29, 0.717) is 30.6 Å². The van der Waals surface area contributed by atoms with E-state index in [4.69, 9.17) is 18.9 Å². The lowest BCUT2D eigenvalue weighted by Crippen LogP contribution is -2.59. The SMILES string of the molecule is CC(C)(C)OC(=O)c1ccc(OCCOC2CN(C3CCN(C(=O)OC(C)(C)C)CC3)C2)cc1. The van der Waals surface area contributed by atoms with E-state index in [1.165, 1.54) is 0 Å². The Morgan fingerprint density at radius 3 is 2.03 bits per heavy atom. The average molecular weight is 477 g/mol. The molecule has 0 atom stereocenters. The van der Waals surface area contributed by atoms with Gasteiger partial charge in [-0.2, -0.15) is 0 Å². The van der Waals surface area contributed by atoms with E-state index < -0.39 is 11.2 Å². The Bertz CT molecular complexity index is 813. The highest BCUT2D eigenvalue weighted by molar-refractivity contribution is 5.89. The van der Waals surface area contributed by atoms with Gasteiger partial charge in [0.25, 0.3) is 0 Å². The van der Waals surface area contributed by atoms with Crippen LogP contribution in [0.2, 0.25) is 0 Å². The van der Waals surface area contributed by atoms with Gasteiger partial charge in [0.05, 0.1) is 18.3 Å². The molecule has 2 saturated heterocycles. The highest BCUT2D eigenvalue weighted by atomic mass is 16.6. The van der Waals surface area contributed by atoms with Gasteiger partial charge in [-0.15, -0.1) is 0 Å². The van der Waals surface area contributed by atoms with Crippen LogP contribution < -0.4 is 4.74 Å². The van der Waals surface area contributed by atoms with Crippen LogP contribution in [-0.2, 0) is 14.2 Å². The van der Waals surface area contributed by atoms with E-state index >= 15 is 0 Å². The maximum absolute atomic E-state index is 12.2. The van der Waals surface area contributed by atoms with Gasteiger partial charge in [-0.25, -0.2) is 9.59 Å².